The van der Waals surface area contributed by atoms with Gasteiger partial charge in [0.05, 0.1) is 6.20 Å². The van der Waals surface area contributed by atoms with E-state index in [9.17, 15) is 0 Å². The summed E-state index contributed by atoms with van der Waals surface area (Å²) in [5.74, 6) is 0. The van der Waals surface area contributed by atoms with E-state index in [1.165, 1.54) is 23.4 Å². The molecule has 0 aliphatic rings. The van der Waals surface area contributed by atoms with Gasteiger partial charge in [-0.25, -0.2) is 4.98 Å². The van der Waals surface area contributed by atoms with Crippen LogP contribution in [0.1, 0.15) is 0 Å². The molecule has 3 rings (SSSR count). The van der Waals surface area contributed by atoms with Gasteiger partial charge in [-0.05, 0) is 10.8 Å². The molecule has 0 fully saturated rings. The Morgan fingerprint density at radius 3 is 2.21 bits per heavy atom. The molecule has 0 amide bonds. The van der Waals surface area contributed by atoms with Crippen molar-refractivity contribution in [1.29, 1.82) is 0 Å². The quantitative estimate of drug-likeness (QED) is 0.586. The fourth-order valence-corrected chi connectivity index (χ4v) is 1.17. The van der Waals surface area contributed by atoms with Crippen LogP contribution in [-0.2, 0) is 0 Å². The summed E-state index contributed by atoms with van der Waals surface area (Å²) in [6, 6.07) is 8.25. The molecule has 0 spiro atoms. The minimum absolute atomic E-state index is 1.28. The summed E-state index contributed by atoms with van der Waals surface area (Å²) in [5.41, 5.74) is 0. The highest BCUT2D eigenvalue weighted by molar-refractivity contribution is 5.81. The highest BCUT2D eigenvalue weighted by atomic mass is 16.3. The first-order valence-electron chi connectivity index (χ1n) is 4.30. The zero-order valence-electron chi connectivity index (χ0n) is 7.55. The van der Waals surface area contributed by atoms with E-state index in [0.29, 0.717) is 0 Å². The number of H-pyrrole nitrogens is 1. The molecular formula is C11H10N2O. The molecule has 1 N–H and O–H groups in total. The first-order chi connectivity index (χ1) is 6.97. The van der Waals surface area contributed by atoms with Crippen molar-refractivity contribution in [2.45, 2.75) is 0 Å². The van der Waals surface area contributed by atoms with E-state index in [1.54, 1.807) is 6.20 Å². The smallest absolute Gasteiger partial charge is 0.180 e. The summed E-state index contributed by atoms with van der Waals surface area (Å²) < 4.78 is 4.47. The van der Waals surface area contributed by atoms with Crippen LogP contribution in [0.2, 0.25) is 0 Å². The third kappa shape index (κ3) is 2.01. The third-order valence-corrected chi connectivity index (χ3v) is 1.82. The van der Waals surface area contributed by atoms with Crippen molar-refractivity contribution in [2.75, 3.05) is 0 Å². The maximum Gasteiger partial charge on any atom is 0.180 e. The molecule has 0 aliphatic carbocycles. The van der Waals surface area contributed by atoms with E-state index in [-0.39, 0.29) is 0 Å². The summed E-state index contributed by atoms with van der Waals surface area (Å²) in [6.45, 7) is 0. The Morgan fingerprint density at radius 2 is 1.79 bits per heavy atom. The van der Waals surface area contributed by atoms with Gasteiger partial charge in [0.15, 0.2) is 6.39 Å². The molecule has 14 heavy (non-hydrogen) atoms. The van der Waals surface area contributed by atoms with Crippen LogP contribution in [0.25, 0.3) is 10.8 Å². The number of benzene rings is 1. The Kier molecular flexibility index (Phi) is 2.62. The zero-order chi connectivity index (χ0) is 9.64. The minimum atomic E-state index is 1.28. The number of nitrogens with one attached hydrogen (secondary N) is 1. The largest absolute Gasteiger partial charge is 0.452 e. The lowest BCUT2D eigenvalue weighted by Gasteiger charge is -1.81. The standard InChI is InChI=1S/C8H7N.C3H3NO/c1-2-4-8-6-9-5-7(8)3-1;1-2-5-3-4-1/h1-6,9H;1-3H. The summed E-state index contributed by atoms with van der Waals surface area (Å²) >= 11 is 0. The van der Waals surface area contributed by atoms with Crippen molar-refractivity contribution in [3.05, 3.63) is 55.5 Å². The molecule has 0 unspecified atom stereocenters. The van der Waals surface area contributed by atoms with Gasteiger partial charge >= 0.3 is 0 Å². The van der Waals surface area contributed by atoms with Crippen molar-refractivity contribution in [2.24, 2.45) is 0 Å². The van der Waals surface area contributed by atoms with Gasteiger partial charge in [-0.1, -0.05) is 24.3 Å². The van der Waals surface area contributed by atoms with Crippen molar-refractivity contribution in [3.8, 4) is 0 Å². The number of fused-ring (bicyclic) bond motifs is 1. The monoisotopic (exact) mass is 186 g/mol. The van der Waals surface area contributed by atoms with Crippen LogP contribution in [0.15, 0.2) is 59.9 Å². The van der Waals surface area contributed by atoms with Crippen LogP contribution in [0.3, 0.4) is 0 Å². The van der Waals surface area contributed by atoms with E-state index in [1.807, 2.05) is 24.5 Å². The molecular weight excluding hydrogens is 176 g/mol. The van der Waals surface area contributed by atoms with Gasteiger partial charge in [0.1, 0.15) is 6.26 Å². The Balaban J connectivity index is 0.000000128. The molecule has 0 atom stereocenters. The molecule has 0 saturated heterocycles. The Morgan fingerprint density at radius 1 is 1.07 bits per heavy atom. The van der Waals surface area contributed by atoms with Crippen LogP contribution in [0, 0.1) is 0 Å². The van der Waals surface area contributed by atoms with E-state index < -0.39 is 0 Å². The summed E-state index contributed by atoms with van der Waals surface area (Å²) in [5, 5.41) is 2.55. The van der Waals surface area contributed by atoms with Crippen molar-refractivity contribution in [3.63, 3.8) is 0 Å². The molecule has 1 aromatic carbocycles. The predicted molar refractivity (Wildman–Crippen MR) is 54.8 cm³/mol. The minimum Gasteiger partial charge on any atom is -0.452 e. The van der Waals surface area contributed by atoms with Gasteiger partial charge in [0, 0.05) is 12.4 Å². The van der Waals surface area contributed by atoms with Crippen LogP contribution < -0.4 is 0 Å². The molecule has 2 heterocycles. The highest BCUT2D eigenvalue weighted by Crippen LogP contribution is 2.10. The molecule has 3 nitrogen and oxygen atoms in total. The Hall–Kier alpha value is -2.03. The SMILES string of the molecule is c1ccc2c[nH]cc2c1.c1cocn1. The molecule has 0 radical (unpaired) electrons. The van der Waals surface area contributed by atoms with Crippen LogP contribution in [0.4, 0.5) is 0 Å². The van der Waals surface area contributed by atoms with E-state index in [2.05, 4.69) is 26.5 Å². The Labute approximate surface area is 81.4 Å². The number of aromatic amines is 1. The predicted octanol–water partition coefficient (Wildman–Crippen LogP) is 2.84. The first-order valence-corrected chi connectivity index (χ1v) is 4.30. The fraction of sp³-hybridized carbons (Fsp3) is 0. The molecule has 0 aliphatic heterocycles. The van der Waals surface area contributed by atoms with Gasteiger partial charge in [-0.15, -0.1) is 0 Å². The van der Waals surface area contributed by atoms with Gasteiger partial charge in [0.25, 0.3) is 0 Å². The average Bonchev–Trinajstić information content (AvgIpc) is 2.92. The lowest BCUT2D eigenvalue weighted by Crippen LogP contribution is -1.57. The normalized spacial score (nSPS) is 9.43. The lowest BCUT2D eigenvalue weighted by molar-refractivity contribution is 0.558. The number of oxazole rings is 1. The molecule has 3 aromatic rings. The topological polar surface area (TPSA) is 41.8 Å². The Bertz CT molecular complexity index is 423. The van der Waals surface area contributed by atoms with Gasteiger partial charge < -0.3 is 9.40 Å². The molecule has 70 valence electrons. The summed E-state index contributed by atoms with van der Waals surface area (Å²) in [6.07, 6.45) is 8.46. The summed E-state index contributed by atoms with van der Waals surface area (Å²) in [4.78, 5) is 6.59. The fourth-order valence-electron chi connectivity index (χ4n) is 1.17. The van der Waals surface area contributed by atoms with E-state index >= 15 is 0 Å². The van der Waals surface area contributed by atoms with Crippen molar-refractivity contribution >= 4 is 10.8 Å². The number of aromatic nitrogens is 2. The number of nitrogens with zero attached hydrogens (tertiary/aromatic N) is 1. The molecule has 0 saturated carbocycles. The maximum absolute atomic E-state index is 4.47. The first kappa shape index (κ1) is 8.56. The number of rotatable bonds is 0. The van der Waals surface area contributed by atoms with Gasteiger partial charge in [-0.2, -0.15) is 0 Å². The van der Waals surface area contributed by atoms with Crippen molar-refractivity contribution < 1.29 is 4.42 Å². The lowest BCUT2D eigenvalue weighted by atomic mass is 10.2. The second-order valence-electron chi connectivity index (χ2n) is 2.76. The van der Waals surface area contributed by atoms with E-state index in [4.69, 9.17) is 0 Å². The molecule has 3 heteroatoms. The summed E-state index contributed by atoms with van der Waals surface area (Å²) in [7, 11) is 0. The van der Waals surface area contributed by atoms with Crippen molar-refractivity contribution in [1.82, 2.24) is 9.97 Å². The molecule has 2 aromatic heterocycles. The second-order valence-corrected chi connectivity index (χ2v) is 2.76. The average molecular weight is 186 g/mol. The highest BCUT2D eigenvalue weighted by Gasteiger charge is 1.86. The molecule has 0 bridgehead atoms. The zero-order valence-corrected chi connectivity index (χ0v) is 7.55. The number of hydrogen-bond acceptors (Lipinski definition) is 2. The van der Waals surface area contributed by atoms with Crippen LogP contribution in [0.5, 0.6) is 0 Å². The van der Waals surface area contributed by atoms with Crippen LogP contribution >= 0.6 is 0 Å². The van der Waals surface area contributed by atoms with Crippen LogP contribution in [-0.4, -0.2) is 9.97 Å². The number of hydrogen-bond donors (Lipinski definition) is 1. The maximum atomic E-state index is 4.47. The van der Waals surface area contributed by atoms with Gasteiger partial charge in [0.2, 0.25) is 0 Å². The second kappa shape index (κ2) is 4.28. The van der Waals surface area contributed by atoms with E-state index in [0.717, 1.165) is 0 Å². The third-order valence-electron chi connectivity index (χ3n) is 1.82. The van der Waals surface area contributed by atoms with Gasteiger partial charge in [-0.3, -0.25) is 0 Å².